The van der Waals surface area contributed by atoms with E-state index in [0.717, 1.165) is 44.9 Å². The molecule has 0 atom stereocenters. The largest absolute Gasteiger partial charge is 0.493 e. The van der Waals surface area contributed by atoms with Gasteiger partial charge in [0.1, 0.15) is 5.75 Å². The lowest BCUT2D eigenvalue weighted by atomic mass is 10.1. The molecule has 154 valence electrons. The molecule has 2 aromatic rings. The third-order valence-corrected chi connectivity index (χ3v) is 5.55. The lowest BCUT2D eigenvalue weighted by Gasteiger charge is -2.34. The second-order valence-corrected chi connectivity index (χ2v) is 7.62. The number of nitrogens with zero attached hydrogens (tertiary/aromatic N) is 2. The van der Waals surface area contributed by atoms with Crippen molar-refractivity contribution >= 4 is 5.91 Å². The molecule has 0 N–H and O–H groups in total. The number of rotatable bonds is 6. The Hall–Kier alpha value is -2.73. The van der Waals surface area contributed by atoms with Gasteiger partial charge in [-0.25, -0.2) is 0 Å². The van der Waals surface area contributed by atoms with Gasteiger partial charge in [0.2, 0.25) is 6.79 Å². The van der Waals surface area contributed by atoms with Crippen LogP contribution in [0, 0.1) is 13.8 Å². The van der Waals surface area contributed by atoms with Gasteiger partial charge in [-0.05, 0) is 49.6 Å². The number of para-hydroxylation sites is 1. The fraction of sp³-hybridized carbons (Fsp3) is 0.435. The Morgan fingerprint density at radius 1 is 1.00 bits per heavy atom. The molecule has 6 nitrogen and oxygen atoms in total. The minimum atomic E-state index is 0.0568. The van der Waals surface area contributed by atoms with Crippen LogP contribution in [0.15, 0.2) is 36.4 Å². The minimum absolute atomic E-state index is 0.0568. The predicted molar refractivity (Wildman–Crippen MR) is 111 cm³/mol. The fourth-order valence-corrected chi connectivity index (χ4v) is 3.88. The van der Waals surface area contributed by atoms with Crippen LogP contribution < -0.4 is 14.2 Å². The van der Waals surface area contributed by atoms with E-state index in [1.165, 1.54) is 11.1 Å². The van der Waals surface area contributed by atoms with Crippen LogP contribution in [0.3, 0.4) is 0 Å². The quantitative estimate of drug-likeness (QED) is 0.702. The molecule has 0 aromatic heterocycles. The lowest BCUT2D eigenvalue weighted by Crippen LogP contribution is -2.49. The zero-order chi connectivity index (χ0) is 20.2. The number of amides is 1. The molecule has 0 saturated carbocycles. The summed E-state index contributed by atoms with van der Waals surface area (Å²) in [5.74, 6) is 2.42. The minimum Gasteiger partial charge on any atom is -0.493 e. The Labute approximate surface area is 172 Å². The molecule has 2 heterocycles. The first-order valence-corrected chi connectivity index (χ1v) is 10.2. The van der Waals surface area contributed by atoms with Gasteiger partial charge < -0.3 is 19.1 Å². The first-order valence-electron chi connectivity index (χ1n) is 10.2. The topological polar surface area (TPSA) is 51.2 Å². The van der Waals surface area contributed by atoms with Crippen LogP contribution in [-0.2, 0) is 0 Å². The van der Waals surface area contributed by atoms with Crippen LogP contribution >= 0.6 is 0 Å². The number of carbonyl (C=O) groups excluding carboxylic acids is 1. The summed E-state index contributed by atoms with van der Waals surface area (Å²) in [4.78, 5) is 17.1. The Balaban J connectivity index is 1.21. The molecule has 0 unspecified atom stereocenters. The normalized spacial score (nSPS) is 16.1. The van der Waals surface area contributed by atoms with E-state index in [0.29, 0.717) is 23.7 Å². The van der Waals surface area contributed by atoms with E-state index in [1.54, 1.807) is 6.07 Å². The summed E-state index contributed by atoms with van der Waals surface area (Å²) in [5.41, 5.74) is 3.02. The number of ether oxygens (including phenoxy) is 3. The SMILES string of the molecule is Cc1cccc(C)c1OCCCN1CCN(C(=O)c2ccc3c(c2)OCO3)CC1. The van der Waals surface area contributed by atoms with E-state index >= 15 is 0 Å². The van der Waals surface area contributed by atoms with Crippen LogP contribution in [-0.4, -0.2) is 61.8 Å². The summed E-state index contributed by atoms with van der Waals surface area (Å²) in [5, 5.41) is 0. The second kappa shape index (κ2) is 8.74. The average Bonchev–Trinajstić information content (AvgIpc) is 3.21. The highest BCUT2D eigenvalue weighted by Gasteiger charge is 2.24. The van der Waals surface area contributed by atoms with Crippen LogP contribution in [0.2, 0.25) is 0 Å². The van der Waals surface area contributed by atoms with Gasteiger partial charge in [0, 0.05) is 38.3 Å². The number of fused-ring (bicyclic) bond motifs is 1. The van der Waals surface area contributed by atoms with Crippen LogP contribution in [0.5, 0.6) is 17.2 Å². The molecule has 0 radical (unpaired) electrons. The van der Waals surface area contributed by atoms with Crippen molar-refractivity contribution in [1.82, 2.24) is 9.80 Å². The Morgan fingerprint density at radius 2 is 1.72 bits per heavy atom. The molecule has 6 heteroatoms. The number of piperazine rings is 1. The average molecular weight is 396 g/mol. The maximum atomic E-state index is 12.8. The maximum absolute atomic E-state index is 12.8. The first-order chi connectivity index (χ1) is 14.1. The molecule has 2 aliphatic rings. The molecular weight excluding hydrogens is 368 g/mol. The third kappa shape index (κ3) is 4.48. The van der Waals surface area contributed by atoms with Gasteiger partial charge in [-0.15, -0.1) is 0 Å². The smallest absolute Gasteiger partial charge is 0.254 e. The van der Waals surface area contributed by atoms with Gasteiger partial charge in [-0.3, -0.25) is 9.69 Å². The van der Waals surface area contributed by atoms with E-state index < -0.39 is 0 Å². The molecular formula is C23H28N2O4. The van der Waals surface area contributed by atoms with Crippen molar-refractivity contribution < 1.29 is 19.0 Å². The molecule has 0 bridgehead atoms. The van der Waals surface area contributed by atoms with E-state index in [4.69, 9.17) is 14.2 Å². The van der Waals surface area contributed by atoms with Gasteiger partial charge in [-0.2, -0.15) is 0 Å². The number of hydrogen-bond donors (Lipinski definition) is 0. The van der Waals surface area contributed by atoms with Crippen molar-refractivity contribution in [3.63, 3.8) is 0 Å². The summed E-state index contributed by atoms with van der Waals surface area (Å²) >= 11 is 0. The van der Waals surface area contributed by atoms with Crippen LogP contribution in [0.25, 0.3) is 0 Å². The van der Waals surface area contributed by atoms with Crippen molar-refractivity contribution in [2.75, 3.05) is 46.1 Å². The van der Waals surface area contributed by atoms with Gasteiger partial charge >= 0.3 is 0 Å². The van der Waals surface area contributed by atoms with Gasteiger partial charge in [0.25, 0.3) is 5.91 Å². The number of hydrogen-bond acceptors (Lipinski definition) is 5. The molecule has 0 aliphatic carbocycles. The molecule has 2 aromatic carbocycles. The summed E-state index contributed by atoms with van der Waals surface area (Å²) in [6, 6.07) is 11.6. The zero-order valence-electron chi connectivity index (χ0n) is 17.1. The van der Waals surface area contributed by atoms with Gasteiger partial charge in [0.05, 0.1) is 6.61 Å². The van der Waals surface area contributed by atoms with Crippen molar-refractivity contribution in [3.8, 4) is 17.2 Å². The highest BCUT2D eigenvalue weighted by atomic mass is 16.7. The summed E-state index contributed by atoms with van der Waals surface area (Å²) in [6.45, 7) is 9.34. The van der Waals surface area contributed by atoms with E-state index in [9.17, 15) is 4.79 Å². The Bertz CT molecular complexity index is 855. The van der Waals surface area contributed by atoms with E-state index in [-0.39, 0.29) is 12.7 Å². The van der Waals surface area contributed by atoms with Crippen molar-refractivity contribution in [3.05, 3.63) is 53.1 Å². The fourth-order valence-electron chi connectivity index (χ4n) is 3.88. The molecule has 1 saturated heterocycles. The third-order valence-electron chi connectivity index (χ3n) is 5.55. The predicted octanol–water partition coefficient (Wildman–Crippen LogP) is 3.26. The molecule has 29 heavy (non-hydrogen) atoms. The molecule has 0 spiro atoms. The lowest BCUT2D eigenvalue weighted by molar-refractivity contribution is 0.0630. The van der Waals surface area contributed by atoms with E-state index in [1.807, 2.05) is 17.0 Å². The highest BCUT2D eigenvalue weighted by Crippen LogP contribution is 2.32. The molecule has 2 aliphatic heterocycles. The highest BCUT2D eigenvalue weighted by molar-refractivity contribution is 5.95. The molecule has 4 rings (SSSR count). The monoisotopic (exact) mass is 396 g/mol. The van der Waals surface area contributed by atoms with Crippen LogP contribution in [0.4, 0.5) is 0 Å². The second-order valence-electron chi connectivity index (χ2n) is 7.62. The van der Waals surface area contributed by atoms with E-state index in [2.05, 4.69) is 36.9 Å². The van der Waals surface area contributed by atoms with Crippen molar-refractivity contribution in [1.29, 1.82) is 0 Å². The van der Waals surface area contributed by atoms with Crippen molar-refractivity contribution in [2.24, 2.45) is 0 Å². The van der Waals surface area contributed by atoms with Crippen molar-refractivity contribution in [2.45, 2.75) is 20.3 Å². The Morgan fingerprint density at radius 3 is 2.48 bits per heavy atom. The first kappa shape index (κ1) is 19.6. The van der Waals surface area contributed by atoms with Crippen LogP contribution in [0.1, 0.15) is 27.9 Å². The standard InChI is InChI=1S/C23H28N2O4/c1-17-5-3-6-18(2)22(17)27-14-4-9-24-10-12-25(13-11-24)23(26)19-7-8-20-21(15-19)29-16-28-20/h3,5-8,15H,4,9-14,16H2,1-2H3. The number of aryl methyl sites for hydroxylation is 2. The molecule has 1 amide bonds. The molecule has 1 fully saturated rings. The zero-order valence-corrected chi connectivity index (χ0v) is 17.1. The summed E-state index contributed by atoms with van der Waals surface area (Å²) in [7, 11) is 0. The van der Waals surface area contributed by atoms with Gasteiger partial charge in [0.15, 0.2) is 11.5 Å². The Kier molecular flexibility index (Phi) is 5.90. The number of carbonyl (C=O) groups is 1. The summed E-state index contributed by atoms with van der Waals surface area (Å²) < 4.78 is 16.7. The van der Waals surface area contributed by atoms with Gasteiger partial charge in [-0.1, -0.05) is 18.2 Å². The number of benzene rings is 2. The maximum Gasteiger partial charge on any atom is 0.254 e. The summed E-state index contributed by atoms with van der Waals surface area (Å²) in [6.07, 6.45) is 0.976.